The number of carbonyl (C=O) groups excluding carboxylic acids is 1. The van der Waals surface area contributed by atoms with E-state index in [1.807, 2.05) is 36.4 Å². The van der Waals surface area contributed by atoms with Gasteiger partial charge in [-0.1, -0.05) is 51.1 Å². The summed E-state index contributed by atoms with van der Waals surface area (Å²) in [5.41, 5.74) is 1.55. The van der Waals surface area contributed by atoms with Gasteiger partial charge in [-0.2, -0.15) is 14.6 Å². The van der Waals surface area contributed by atoms with Crippen LogP contribution in [0.5, 0.6) is 0 Å². The van der Waals surface area contributed by atoms with Crippen LogP contribution in [0.4, 0.5) is 5.82 Å². The first-order chi connectivity index (χ1) is 15.4. The molecular weight excluding hydrogens is 406 g/mol. The van der Waals surface area contributed by atoms with Crippen LogP contribution >= 0.6 is 0 Å². The van der Waals surface area contributed by atoms with E-state index in [1.54, 1.807) is 23.1 Å². The third kappa shape index (κ3) is 5.02. The van der Waals surface area contributed by atoms with Crippen molar-refractivity contribution in [3.05, 3.63) is 60.6 Å². The van der Waals surface area contributed by atoms with E-state index < -0.39 is 0 Å². The molecule has 10 heteroatoms. The molecule has 1 aromatic carbocycles. The predicted octanol–water partition coefficient (Wildman–Crippen LogP) is 3.03. The Morgan fingerprint density at radius 3 is 2.50 bits per heavy atom. The molecule has 164 valence electrons. The van der Waals surface area contributed by atoms with Gasteiger partial charge >= 0.3 is 0 Å². The highest BCUT2D eigenvalue weighted by Crippen LogP contribution is 2.25. The number of anilines is 1. The van der Waals surface area contributed by atoms with E-state index in [9.17, 15) is 4.79 Å². The minimum Gasteiger partial charge on any atom is -0.310 e. The highest BCUT2D eigenvalue weighted by molar-refractivity contribution is 5.90. The topological polar surface area (TPSA) is 116 Å². The van der Waals surface area contributed by atoms with E-state index in [4.69, 9.17) is 0 Å². The fourth-order valence-corrected chi connectivity index (χ4v) is 3.02. The third-order valence-electron chi connectivity index (χ3n) is 4.73. The van der Waals surface area contributed by atoms with Crippen LogP contribution in [-0.2, 0) is 16.8 Å². The fraction of sp³-hybridized carbons (Fsp3) is 0.318. The molecule has 0 aliphatic carbocycles. The van der Waals surface area contributed by atoms with Gasteiger partial charge < -0.3 is 5.32 Å². The molecule has 1 amide bonds. The van der Waals surface area contributed by atoms with Crippen LogP contribution in [0.2, 0.25) is 0 Å². The first-order valence-electron chi connectivity index (χ1n) is 10.4. The smallest absolute Gasteiger partial charge is 0.252 e. The number of nitrogens with zero attached hydrogens (tertiary/aromatic N) is 8. The third-order valence-corrected chi connectivity index (χ3v) is 4.73. The van der Waals surface area contributed by atoms with Crippen molar-refractivity contribution in [1.82, 2.24) is 40.0 Å². The number of amides is 1. The van der Waals surface area contributed by atoms with E-state index in [0.29, 0.717) is 37.0 Å². The van der Waals surface area contributed by atoms with Gasteiger partial charge in [0, 0.05) is 35.9 Å². The second-order valence-corrected chi connectivity index (χ2v) is 8.35. The Balaban J connectivity index is 1.39. The number of nitrogens with one attached hydrogen (secondary N) is 1. The molecule has 4 aromatic rings. The van der Waals surface area contributed by atoms with E-state index in [-0.39, 0.29) is 11.3 Å². The molecule has 32 heavy (non-hydrogen) atoms. The Bertz CT molecular complexity index is 1180. The van der Waals surface area contributed by atoms with Gasteiger partial charge in [0.1, 0.15) is 5.82 Å². The minimum absolute atomic E-state index is 0.133. The van der Waals surface area contributed by atoms with E-state index >= 15 is 0 Å². The first-order valence-corrected chi connectivity index (χ1v) is 10.4. The first kappa shape index (κ1) is 21.3. The van der Waals surface area contributed by atoms with Gasteiger partial charge in [-0.05, 0) is 17.7 Å². The number of benzene rings is 1. The molecule has 0 spiro atoms. The molecule has 1 N–H and O–H groups in total. The Kier molecular flexibility index (Phi) is 6.02. The predicted molar refractivity (Wildman–Crippen MR) is 119 cm³/mol. The average molecular weight is 432 g/mol. The number of rotatable bonds is 7. The van der Waals surface area contributed by atoms with Gasteiger partial charge in [0.2, 0.25) is 11.7 Å². The highest BCUT2D eigenvalue weighted by atomic mass is 16.1. The maximum absolute atomic E-state index is 12.6. The number of aryl methyl sites for hydroxylation is 1. The Morgan fingerprint density at radius 1 is 1.03 bits per heavy atom. The zero-order valence-corrected chi connectivity index (χ0v) is 18.3. The lowest BCUT2D eigenvalue weighted by molar-refractivity contribution is -0.116. The normalized spacial score (nSPS) is 11.5. The van der Waals surface area contributed by atoms with Crippen LogP contribution < -0.4 is 5.32 Å². The molecule has 0 saturated carbocycles. The summed E-state index contributed by atoms with van der Waals surface area (Å²) in [6.45, 7) is 6.67. The lowest BCUT2D eigenvalue weighted by Crippen LogP contribution is -2.16. The number of tetrazole rings is 1. The molecule has 0 atom stereocenters. The molecule has 0 bridgehead atoms. The molecule has 0 aliphatic heterocycles. The van der Waals surface area contributed by atoms with Crippen LogP contribution in [-0.4, -0.2) is 45.9 Å². The van der Waals surface area contributed by atoms with Crippen molar-refractivity contribution in [2.75, 3.05) is 5.32 Å². The summed E-state index contributed by atoms with van der Waals surface area (Å²) in [4.78, 5) is 22.6. The van der Waals surface area contributed by atoms with Crippen LogP contribution in [0, 0.1) is 0 Å². The SMILES string of the molecule is CC(C)(C)c1cc(NC(=O)CCCn2nnc(-c3ccccc3)n2)n(-c2ncccn2)n1. The fourth-order valence-electron chi connectivity index (χ4n) is 3.02. The van der Waals surface area contributed by atoms with E-state index in [0.717, 1.165) is 11.3 Å². The summed E-state index contributed by atoms with van der Waals surface area (Å²) in [6, 6.07) is 13.2. The summed E-state index contributed by atoms with van der Waals surface area (Å²) < 4.78 is 1.56. The molecule has 10 nitrogen and oxygen atoms in total. The molecule has 0 radical (unpaired) electrons. The average Bonchev–Trinajstić information content (AvgIpc) is 3.42. The summed E-state index contributed by atoms with van der Waals surface area (Å²) in [5, 5.41) is 20.1. The van der Waals surface area contributed by atoms with Gasteiger partial charge in [-0.15, -0.1) is 10.2 Å². The van der Waals surface area contributed by atoms with Gasteiger partial charge in [-0.25, -0.2) is 9.97 Å². The standard InChI is InChI=1S/C22H25N9O/c1-22(2,3)17-15-18(31(27-17)21-23-12-8-13-24-21)25-19(32)11-7-14-30-28-20(26-29-30)16-9-5-4-6-10-16/h4-6,8-10,12-13,15H,7,11,14H2,1-3H3,(H,25,32). The van der Waals surface area contributed by atoms with Crippen molar-refractivity contribution < 1.29 is 4.79 Å². The van der Waals surface area contributed by atoms with Crippen molar-refractivity contribution in [2.24, 2.45) is 0 Å². The summed E-state index contributed by atoms with van der Waals surface area (Å²) in [5.74, 6) is 1.37. The van der Waals surface area contributed by atoms with Gasteiger partial charge in [0.15, 0.2) is 0 Å². The Morgan fingerprint density at radius 2 is 1.78 bits per heavy atom. The molecule has 3 heterocycles. The van der Waals surface area contributed by atoms with Crippen molar-refractivity contribution in [3.8, 4) is 17.3 Å². The monoisotopic (exact) mass is 431 g/mol. The largest absolute Gasteiger partial charge is 0.310 e. The molecule has 3 aromatic heterocycles. The summed E-state index contributed by atoms with van der Waals surface area (Å²) in [7, 11) is 0. The van der Waals surface area contributed by atoms with E-state index in [1.165, 1.54) is 4.80 Å². The van der Waals surface area contributed by atoms with Crippen LogP contribution in [0.1, 0.15) is 39.3 Å². The molecule has 0 unspecified atom stereocenters. The van der Waals surface area contributed by atoms with Crippen LogP contribution in [0.3, 0.4) is 0 Å². The maximum atomic E-state index is 12.6. The number of hydrogen-bond acceptors (Lipinski definition) is 7. The van der Waals surface area contributed by atoms with Crippen molar-refractivity contribution in [3.63, 3.8) is 0 Å². The Hall–Kier alpha value is -3.95. The van der Waals surface area contributed by atoms with Crippen molar-refractivity contribution >= 4 is 11.7 Å². The Labute approximate surface area is 185 Å². The number of hydrogen-bond donors (Lipinski definition) is 1. The molecule has 0 aliphatic rings. The molecule has 0 fully saturated rings. The number of aromatic nitrogens is 8. The van der Waals surface area contributed by atoms with Crippen molar-refractivity contribution in [2.45, 2.75) is 45.6 Å². The lowest BCUT2D eigenvalue weighted by atomic mass is 9.92. The van der Waals surface area contributed by atoms with E-state index in [2.05, 4.69) is 56.6 Å². The zero-order chi connectivity index (χ0) is 22.6. The second kappa shape index (κ2) is 9.04. The van der Waals surface area contributed by atoms with Crippen LogP contribution in [0.25, 0.3) is 17.3 Å². The lowest BCUT2D eigenvalue weighted by Gasteiger charge is -2.13. The molecular formula is C22H25N9O. The van der Waals surface area contributed by atoms with Gasteiger partial charge in [0.05, 0.1) is 12.2 Å². The highest BCUT2D eigenvalue weighted by Gasteiger charge is 2.22. The van der Waals surface area contributed by atoms with Crippen LogP contribution in [0.15, 0.2) is 54.9 Å². The minimum atomic E-state index is -0.186. The van der Waals surface area contributed by atoms with Gasteiger partial charge in [0.25, 0.3) is 5.95 Å². The zero-order valence-electron chi connectivity index (χ0n) is 18.3. The second-order valence-electron chi connectivity index (χ2n) is 8.35. The molecule has 4 rings (SSSR count). The number of carbonyl (C=O) groups is 1. The quantitative estimate of drug-likeness (QED) is 0.478. The maximum Gasteiger partial charge on any atom is 0.252 e. The molecule has 0 saturated heterocycles. The summed E-state index contributed by atoms with van der Waals surface area (Å²) >= 11 is 0. The summed E-state index contributed by atoms with van der Waals surface area (Å²) in [6.07, 6.45) is 4.15. The van der Waals surface area contributed by atoms with Gasteiger partial charge in [-0.3, -0.25) is 4.79 Å². The van der Waals surface area contributed by atoms with Crippen molar-refractivity contribution in [1.29, 1.82) is 0 Å².